The van der Waals surface area contributed by atoms with Gasteiger partial charge >= 0.3 is 5.97 Å². The summed E-state index contributed by atoms with van der Waals surface area (Å²) < 4.78 is 4.79. The number of thiazole rings is 1. The van der Waals surface area contributed by atoms with Gasteiger partial charge in [-0.15, -0.1) is 11.3 Å². The van der Waals surface area contributed by atoms with Gasteiger partial charge in [0.05, 0.1) is 11.6 Å². The molecule has 0 aliphatic carbocycles. The molecule has 0 atom stereocenters. The number of aliphatic carboxylic acids is 1. The molecular weight excluding hydrogens is 256 g/mol. The third-order valence-corrected chi connectivity index (χ3v) is 3.15. The molecule has 18 heavy (non-hydrogen) atoms. The molecule has 1 rings (SSSR count). The summed E-state index contributed by atoms with van der Waals surface area (Å²) in [5.41, 5.74) is 0.391. The molecule has 100 valence electrons. The molecule has 0 unspecified atom stereocenters. The van der Waals surface area contributed by atoms with Crippen LogP contribution >= 0.6 is 11.3 Å². The average Bonchev–Trinajstić information content (AvgIpc) is 2.77. The summed E-state index contributed by atoms with van der Waals surface area (Å²) in [6.07, 6.45) is 0. The first-order valence-electron chi connectivity index (χ1n) is 5.54. The molecule has 0 aliphatic rings. The van der Waals surface area contributed by atoms with Crippen molar-refractivity contribution in [3.05, 3.63) is 16.1 Å². The fourth-order valence-corrected chi connectivity index (χ4v) is 1.96. The lowest BCUT2D eigenvalue weighted by molar-refractivity contribution is -0.142. The molecule has 0 saturated carbocycles. The molecule has 1 aromatic heterocycles. The van der Waals surface area contributed by atoms with Crippen LogP contribution in [0.25, 0.3) is 0 Å². The second-order valence-corrected chi connectivity index (χ2v) is 4.82. The Labute approximate surface area is 109 Å². The Bertz CT molecular complexity index is 417. The number of nitrogens with one attached hydrogen (secondary N) is 1. The molecule has 1 heterocycles. The number of hydrogen-bond donors (Lipinski definition) is 2. The second-order valence-electron chi connectivity index (χ2n) is 3.93. The lowest BCUT2D eigenvalue weighted by atomic mass is 10.2. The summed E-state index contributed by atoms with van der Waals surface area (Å²) in [5, 5.41) is 13.6. The molecule has 0 spiro atoms. The van der Waals surface area contributed by atoms with Crippen molar-refractivity contribution in [2.45, 2.75) is 19.8 Å². The van der Waals surface area contributed by atoms with Crippen LogP contribution in [0.2, 0.25) is 0 Å². The quantitative estimate of drug-likeness (QED) is 0.725. The number of carboxylic acids is 1. The zero-order chi connectivity index (χ0) is 13.5. The Hall–Kier alpha value is -1.47. The van der Waals surface area contributed by atoms with Crippen LogP contribution in [0.3, 0.4) is 0 Å². The number of nitrogens with zero attached hydrogens (tertiary/aromatic N) is 1. The molecule has 6 nitrogen and oxygen atoms in total. The number of hydrogen-bond acceptors (Lipinski definition) is 5. The summed E-state index contributed by atoms with van der Waals surface area (Å²) in [6, 6.07) is 0. The molecular formula is C11H16N2O4S. The first kappa shape index (κ1) is 14.6. The number of carbonyl (C=O) groups is 2. The van der Waals surface area contributed by atoms with E-state index in [4.69, 9.17) is 9.84 Å². The van der Waals surface area contributed by atoms with E-state index >= 15 is 0 Å². The topological polar surface area (TPSA) is 88.5 Å². The Kier molecular flexibility index (Phi) is 5.73. The normalized spacial score (nSPS) is 10.6. The van der Waals surface area contributed by atoms with Gasteiger partial charge in [0, 0.05) is 17.8 Å². The first-order valence-corrected chi connectivity index (χ1v) is 6.42. The third-order valence-electron chi connectivity index (χ3n) is 2.01. The van der Waals surface area contributed by atoms with Crippen molar-refractivity contribution >= 4 is 23.2 Å². The summed E-state index contributed by atoms with van der Waals surface area (Å²) in [4.78, 5) is 26.0. The molecule has 1 amide bonds. The highest BCUT2D eigenvalue weighted by Gasteiger charge is 2.11. The Balaban J connectivity index is 2.29. The molecule has 0 bridgehead atoms. The van der Waals surface area contributed by atoms with Crippen LogP contribution in [-0.2, 0) is 9.53 Å². The van der Waals surface area contributed by atoms with Crippen LogP contribution in [0.1, 0.15) is 35.3 Å². The van der Waals surface area contributed by atoms with E-state index in [2.05, 4.69) is 10.3 Å². The van der Waals surface area contributed by atoms with Gasteiger partial charge in [0.1, 0.15) is 12.3 Å². The van der Waals surface area contributed by atoms with Crippen LogP contribution in [0.5, 0.6) is 0 Å². The van der Waals surface area contributed by atoms with Gasteiger partial charge in [0.25, 0.3) is 5.91 Å². The molecule has 0 saturated heterocycles. The monoisotopic (exact) mass is 272 g/mol. The highest BCUT2D eigenvalue weighted by molar-refractivity contribution is 7.09. The smallest absolute Gasteiger partial charge is 0.329 e. The van der Waals surface area contributed by atoms with Gasteiger partial charge in [0.2, 0.25) is 0 Å². The largest absolute Gasteiger partial charge is 0.480 e. The minimum absolute atomic E-state index is 0.166. The van der Waals surface area contributed by atoms with Crippen LogP contribution in [0.4, 0.5) is 0 Å². The maximum Gasteiger partial charge on any atom is 0.329 e. The van der Waals surface area contributed by atoms with Gasteiger partial charge in [-0.2, -0.15) is 0 Å². The van der Waals surface area contributed by atoms with Crippen LogP contribution in [0.15, 0.2) is 5.38 Å². The third kappa shape index (κ3) is 4.80. The van der Waals surface area contributed by atoms with Gasteiger partial charge < -0.3 is 15.2 Å². The van der Waals surface area contributed by atoms with E-state index in [0.29, 0.717) is 11.6 Å². The van der Waals surface area contributed by atoms with Crippen molar-refractivity contribution in [3.8, 4) is 0 Å². The van der Waals surface area contributed by atoms with Gasteiger partial charge in [0.15, 0.2) is 0 Å². The van der Waals surface area contributed by atoms with Gasteiger partial charge in [-0.1, -0.05) is 13.8 Å². The Morgan fingerprint density at radius 2 is 2.28 bits per heavy atom. The van der Waals surface area contributed by atoms with E-state index in [1.54, 1.807) is 5.38 Å². The standard InChI is InChI=1S/C11H16N2O4S/c1-7(2)11-13-8(6-18-11)10(16)12-3-4-17-5-9(14)15/h6-7H,3-5H2,1-2H3,(H,12,16)(H,14,15). The lowest BCUT2D eigenvalue weighted by Crippen LogP contribution is -2.28. The zero-order valence-electron chi connectivity index (χ0n) is 10.3. The van der Waals surface area contributed by atoms with Crippen molar-refractivity contribution in [3.63, 3.8) is 0 Å². The predicted octanol–water partition coefficient (Wildman–Crippen LogP) is 1.10. The molecule has 7 heteroatoms. The van der Waals surface area contributed by atoms with E-state index in [0.717, 1.165) is 5.01 Å². The molecule has 2 N–H and O–H groups in total. The van der Waals surface area contributed by atoms with Gasteiger partial charge in [-0.3, -0.25) is 4.79 Å². The van der Waals surface area contributed by atoms with E-state index in [1.807, 2.05) is 13.8 Å². The highest BCUT2D eigenvalue weighted by atomic mass is 32.1. The fraction of sp³-hybridized carbons (Fsp3) is 0.545. The minimum atomic E-state index is -1.03. The fourth-order valence-electron chi connectivity index (χ4n) is 1.14. The average molecular weight is 272 g/mol. The van der Waals surface area contributed by atoms with Crippen molar-refractivity contribution in [2.24, 2.45) is 0 Å². The molecule has 0 aromatic carbocycles. The van der Waals surface area contributed by atoms with Crippen molar-refractivity contribution < 1.29 is 19.4 Å². The number of carbonyl (C=O) groups excluding carboxylic acids is 1. The van der Waals surface area contributed by atoms with Crippen molar-refractivity contribution in [2.75, 3.05) is 19.8 Å². The Morgan fingerprint density at radius 1 is 1.56 bits per heavy atom. The number of ether oxygens (including phenoxy) is 1. The van der Waals surface area contributed by atoms with E-state index in [9.17, 15) is 9.59 Å². The second kappa shape index (κ2) is 7.07. The number of rotatable bonds is 7. The summed E-state index contributed by atoms with van der Waals surface area (Å²) in [6.45, 7) is 4.10. The van der Waals surface area contributed by atoms with Crippen LogP contribution in [0, 0.1) is 0 Å². The number of aromatic nitrogens is 1. The SMILES string of the molecule is CC(C)c1nc(C(=O)NCCOCC(=O)O)cs1. The number of carboxylic acid groups (broad SMARTS) is 1. The van der Waals surface area contributed by atoms with E-state index in [-0.39, 0.29) is 25.7 Å². The van der Waals surface area contributed by atoms with Crippen molar-refractivity contribution in [1.82, 2.24) is 10.3 Å². The molecule has 0 aliphatic heterocycles. The van der Waals surface area contributed by atoms with Crippen LogP contribution in [-0.4, -0.2) is 41.7 Å². The van der Waals surface area contributed by atoms with Gasteiger partial charge in [-0.05, 0) is 0 Å². The molecule has 0 radical (unpaired) electrons. The molecule has 1 aromatic rings. The summed E-state index contributed by atoms with van der Waals surface area (Å²) in [7, 11) is 0. The van der Waals surface area contributed by atoms with Crippen LogP contribution < -0.4 is 5.32 Å². The van der Waals surface area contributed by atoms with E-state index in [1.165, 1.54) is 11.3 Å². The van der Waals surface area contributed by atoms with Crippen molar-refractivity contribution in [1.29, 1.82) is 0 Å². The zero-order valence-corrected chi connectivity index (χ0v) is 11.1. The lowest BCUT2D eigenvalue weighted by Gasteiger charge is -2.03. The minimum Gasteiger partial charge on any atom is -0.480 e. The maximum absolute atomic E-state index is 11.6. The van der Waals surface area contributed by atoms with E-state index < -0.39 is 5.97 Å². The highest BCUT2D eigenvalue weighted by Crippen LogP contribution is 2.18. The van der Waals surface area contributed by atoms with Gasteiger partial charge in [-0.25, -0.2) is 9.78 Å². The molecule has 0 fully saturated rings. The maximum atomic E-state index is 11.6. The Morgan fingerprint density at radius 3 is 2.83 bits per heavy atom. The first-order chi connectivity index (χ1) is 8.50. The summed E-state index contributed by atoms with van der Waals surface area (Å²) in [5.74, 6) is -0.991. The number of amides is 1. The summed E-state index contributed by atoms with van der Waals surface area (Å²) >= 11 is 1.45. The predicted molar refractivity (Wildman–Crippen MR) is 67.0 cm³/mol.